The molecule has 0 bridgehead atoms. The molecular formula is C9H11BO5. The molecule has 0 heterocycles. The number of ether oxygens (including phenoxy) is 1. The van der Waals surface area contributed by atoms with Gasteiger partial charge in [-0.3, -0.25) is 0 Å². The highest BCUT2D eigenvalue weighted by atomic mass is 16.6. The van der Waals surface area contributed by atoms with E-state index in [1.54, 1.807) is 6.92 Å². The van der Waals surface area contributed by atoms with Gasteiger partial charge in [0.15, 0.2) is 0 Å². The lowest BCUT2D eigenvalue weighted by molar-refractivity contribution is 0.0526. The monoisotopic (exact) mass is 210 g/mol. The van der Waals surface area contributed by atoms with Crippen molar-refractivity contribution in [3.05, 3.63) is 29.8 Å². The summed E-state index contributed by atoms with van der Waals surface area (Å²) in [7, 11) is -1.86. The molecule has 0 atom stereocenters. The maximum Gasteiger partial charge on any atom is 0.707 e. The van der Waals surface area contributed by atoms with E-state index >= 15 is 0 Å². The summed E-state index contributed by atoms with van der Waals surface area (Å²) in [5.41, 5.74) is 0.386. The molecule has 1 aromatic carbocycles. The van der Waals surface area contributed by atoms with Crippen molar-refractivity contribution in [3.63, 3.8) is 0 Å². The smallest absolute Gasteiger partial charge is 0.512 e. The highest BCUT2D eigenvalue weighted by Crippen LogP contribution is 2.12. The van der Waals surface area contributed by atoms with Crippen LogP contribution < -0.4 is 4.65 Å². The summed E-state index contributed by atoms with van der Waals surface area (Å²) in [6.07, 6.45) is 0. The van der Waals surface area contributed by atoms with Crippen molar-refractivity contribution < 1.29 is 24.2 Å². The first-order valence-corrected chi connectivity index (χ1v) is 4.43. The Morgan fingerprint density at radius 1 is 1.33 bits per heavy atom. The second-order valence-electron chi connectivity index (χ2n) is 2.69. The highest BCUT2D eigenvalue weighted by molar-refractivity contribution is 6.33. The molecule has 2 N–H and O–H groups in total. The van der Waals surface area contributed by atoms with E-state index in [4.69, 9.17) is 14.8 Å². The quantitative estimate of drug-likeness (QED) is 0.548. The summed E-state index contributed by atoms with van der Waals surface area (Å²) in [4.78, 5) is 11.2. The Kier molecular flexibility index (Phi) is 4.14. The molecule has 0 fully saturated rings. The van der Waals surface area contributed by atoms with Gasteiger partial charge in [-0.25, -0.2) is 4.79 Å². The number of hydrogen-bond donors (Lipinski definition) is 2. The maximum absolute atomic E-state index is 11.2. The van der Waals surface area contributed by atoms with Gasteiger partial charge in [-0.1, -0.05) is 0 Å². The van der Waals surface area contributed by atoms with Crippen molar-refractivity contribution in [2.24, 2.45) is 0 Å². The Hall–Kier alpha value is -1.53. The van der Waals surface area contributed by atoms with Crippen LogP contribution in [0.5, 0.6) is 5.75 Å². The van der Waals surface area contributed by atoms with Crippen LogP contribution in [-0.4, -0.2) is 29.9 Å². The van der Waals surface area contributed by atoms with Crippen molar-refractivity contribution in [1.82, 2.24) is 0 Å². The minimum absolute atomic E-state index is 0.262. The Labute approximate surface area is 87.4 Å². The molecule has 0 aliphatic heterocycles. The number of benzene rings is 1. The van der Waals surface area contributed by atoms with Crippen LogP contribution in [0.1, 0.15) is 17.3 Å². The highest BCUT2D eigenvalue weighted by Gasteiger charge is 2.12. The molecule has 1 aromatic rings. The molecule has 1 rings (SSSR count). The van der Waals surface area contributed by atoms with E-state index in [1.165, 1.54) is 24.3 Å². The van der Waals surface area contributed by atoms with Crippen LogP contribution in [-0.2, 0) is 4.74 Å². The molecule has 0 unspecified atom stereocenters. The van der Waals surface area contributed by atoms with Crippen molar-refractivity contribution in [2.45, 2.75) is 6.92 Å². The predicted molar refractivity (Wildman–Crippen MR) is 53.2 cm³/mol. The van der Waals surface area contributed by atoms with Gasteiger partial charge in [-0.15, -0.1) is 0 Å². The number of carbonyl (C=O) groups excluding carboxylic acids is 1. The SMILES string of the molecule is CCOC(=O)c1ccc(OB(O)O)cc1. The predicted octanol–water partition coefficient (Wildman–Crippen LogP) is 0.212. The van der Waals surface area contributed by atoms with E-state index in [9.17, 15) is 4.79 Å². The fraction of sp³-hybridized carbons (Fsp3) is 0.222. The Morgan fingerprint density at radius 2 is 1.93 bits per heavy atom. The Morgan fingerprint density at radius 3 is 2.40 bits per heavy atom. The van der Waals surface area contributed by atoms with E-state index in [2.05, 4.69) is 4.65 Å². The van der Waals surface area contributed by atoms with Gasteiger partial charge in [0.25, 0.3) is 0 Å². The summed E-state index contributed by atoms with van der Waals surface area (Å²) in [5.74, 6) is -0.161. The zero-order valence-corrected chi connectivity index (χ0v) is 8.21. The maximum atomic E-state index is 11.2. The minimum atomic E-state index is -1.86. The van der Waals surface area contributed by atoms with Crippen LogP contribution in [0.4, 0.5) is 0 Å². The van der Waals surface area contributed by atoms with Crippen molar-refractivity contribution in [3.8, 4) is 5.75 Å². The lowest BCUT2D eigenvalue weighted by Crippen LogP contribution is -2.20. The first kappa shape index (κ1) is 11.5. The second-order valence-corrected chi connectivity index (χ2v) is 2.69. The molecule has 0 aromatic heterocycles. The second kappa shape index (κ2) is 5.38. The number of esters is 1. The van der Waals surface area contributed by atoms with Gasteiger partial charge in [-0.2, -0.15) is 0 Å². The van der Waals surface area contributed by atoms with Crippen LogP contribution in [0.2, 0.25) is 0 Å². The molecule has 0 aliphatic carbocycles. The Bertz CT molecular complexity index is 322. The molecular weight excluding hydrogens is 199 g/mol. The van der Waals surface area contributed by atoms with Crippen LogP contribution in [0.3, 0.4) is 0 Å². The van der Waals surface area contributed by atoms with Gasteiger partial charge in [0.2, 0.25) is 0 Å². The molecule has 0 radical (unpaired) electrons. The van der Waals surface area contributed by atoms with Gasteiger partial charge in [0, 0.05) is 0 Å². The molecule has 0 saturated carbocycles. The van der Waals surface area contributed by atoms with Gasteiger partial charge in [-0.05, 0) is 31.2 Å². The van der Waals surface area contributed by atoms with Gasteiger partial charge in [0.05, 0.1) is 12.2 Å². The third-order valence-electron chi connectivity index (χ3n) is 1.61. The summed E-state index contributed by atoms with van der Waals surface area (Å²) < 4.78 is 9.34. The van der Waals surface area contributed by atoms with E-state index in [0.717, 1.165) is 0 Å². The standard InChI is InChI=1S/C9H11BO5/c1-2-14-9(11)7-3-5-8(6-4-7)15-10(12)13/h3-6,12-13H,2H2,1H3. The third kappa shape index (κ3) is 3.61. The average Bonchev–Trinajstić information content (AvgIpc) is 2.18. The van der Waals surface area contributed by atoms with Crippen LogP contribution in [0.25, 0.3) is 0 Å². The van der Waals surface area contributed by atoms with Crippen molar-refractivity contribution >= 4 is 13.3 Å². The van der Waals surface area contributed by atoms with E-state index < -0.39 is 13.3 Å². The van der Waals surface area contributed by atoms with E-state index in [0.29, 0.717) is 12.2 Å². The summed E-state index contributed by atoms with van der Waals surface area (Å²) in [6, 6.07) is 5.86. The van der Waals surface area contributed by atoms with E-state index in [1.807, 2.05) is 0 Å². The van der Waals surface area contributed by atoms with Gasteiger partial charge in [0.1, 0.15) is 5.75 Å². The molecule has 0 spiro atoms. The zero-order chi connectivity index (χ0) is 11.3. The normalized spacial score (nSPS) is 9.53. The van der Waals surface area contributed by atoms with Gasteiger partial charge < -0.3 is 19.4 Å². The van der Waals surface area contributed by atoms with E-state index in [-0.39, 0.29) is 5.75 Å². The topological polar surface area (TPSA) is 76.0 Å². The average molecular weight is 210 g/mol. The molecule has 6 heteroatoms. The molecule has 15 heavy (non-hydrogen) atoms. The summed E-state index contributed by atoms with van der Waals surface area (Å²) in [5, 5.41) is 17.0. The summed E-state index contributed by atoms with van der Waals surface area (Å²) in [6.45, 7) is 2.03. The fourth-order valence-electron chi connectivity index (χ4n) is 1.01. The first-order valence-electron chi connectivity index (χ1n) is 4.43. The lowest BCUT2D eigenvalue weighted by atomic mass is 10.2. The minimum Gasteiger partial charge on any atom is -0.512 e. The summed E-state index contributed by atoms with van der Waals surface area (Å²) >= 11 is 0. The molecule has 0 aliphatic rings. The van der Waals surface area contributed by atoms with Crippen LogP contribution in [0.15, 0.2) is 24.3 Å². The number of carbonyl (C=O) groups is 1. The molecule has 0 amide bonds. The van der Waals surface area contributed by atoms with Gasteiger partial charge >= 0.3 is 13.3 Å². The third-order valence-corrected chi connectivity index (χ3v) is 1.61. The fourth-order valence-corrected chi connectivity index (χ4v) is 1.01. The molecule has 0 saturated heterocycles. The zero-order valence-electron chi connectivity index (χ0n) is 8.21. The number of hydrogen-bond acceptors (Lipinski definition) is 5. The first-order chi connectivity index (χ1) is 7.13. The molecule has 80 valence electrons. The Balaban J connectivity index is 2.67. The lowest BCUT2D eigenvalue weighted by Gasteiger charge is -2.05. The number of rotatable bonds is 4. The van der Waals surface area contributed by atoms with Crippen molar-refractivity contribution in [2.75, 3.05) is 6.61 Å². The van der Waals surface area contributed by atoms with Crippen LogP contribution >= 0.6 is 0 Å². The van der Waals surface area contributed by atoms with Crippen molar-refractivity contribution in [1.29, 1.82) is 0 Å². The molecule has 5 nitrogen and oxygen atoms in total. The largest absolute Gasteiger partial charge is 0.707 e. The van der Waals surface area contributed by atoms with Crippen LogP contribution in [0, 0.1) is 0 Å².